The van der Waals surface area contributed by atoms with Crippen LogP contribution in [0.2, 0.25) is 0 Å². The zero-order valence-corrected chi connectivity index (χ0v) is 25.9. The molecule has 0 bridgehead atoms. The summed E-state index contributed by atoms with van der Waals surface area (Å²) >= 11 is 0. The lowest BCUT2D eigenvalue weighted by Gasteiger charge is -2.40. The highest BCUT2D eigenvalue weighted by Gasteiger charge is 2.45. The lowest BCUT2D eigenvalue weighted by atomic mass is 9.75. The van der Waals surface area contributed by atoms with Gasteiger partial charge in [-0.15, -0.1) is 0 Å². The van der Waals surface area contributed by atoms with E-state index >= 15 is 0 Å². The molecule has 1 heterocycles. The van der Waals surface area contributed by atoms with E-state index in [9.17, 15) is 18.8 Å². The van der Waals surface area contributed by atoms with Gasteiger partial charge in [-0.05, 0) is 105 Å². The Morgan fingerprint density at radius 1 is 0.913 bits per heavy atom. The molecular formula is C37H37FN4O4. The van der Waals surface area contributed by atoms with Gasteiger partial charge in [-0.25, -0.2) is 19.2 Å². The summed E-state index contributed by atoms with van der Waals surface area (Å²) in [5.74, 6) is -1.10. The number of amides is 2. The molecule has 46 heavy (non-hydrogen) atoms. The van der Waals surface area contributed by atoms with E-state index in [1.165, 1.54) is 24.6 Å². The van der Waals surface area contributed by atoms with Crippen LogP contribution in [0.3, 0.4) is 0 Å². The topological polar surface area (TPSA) is 110 Å². The van der Waals surface area contributed by atoms with E-state index in [0.29, 0.717) is 47.4 Å². The summed E-state index contributed by atoms with van der Waals surface area (Å²) in [4.78, 5) is 48.6. The van der Waals surface area contributed by atoms with Crippen LogP contribution in [0.25, 0.3) is 28.4 Å². The van der Waals surface area contributed by atoms with E-state index in [0.717, 1.165) is 48.9 Å². The van der Waals surface area contributed by atoms with E-state index in [1.54, 1.807) is 61.5 Å². The number of halogens is 1. The van der Waals surface area contributed by atoms with Crippen molar-refractivity contribution < 1.29 is 23.5 Å². The lowest BCUT2D eigenvalue weighted by Crippen LogP contribution is -2.61. The van der Waals surface area contributed by atoms with Crippen LogP contribution in [-0.4, -0.2) is 39.9 Å². The number of nitrogens with one attached hydrogen (secondary N) is 2. The predicted molar refractivity (Wildman–Crippen MR) is 176 cm³/mol. The fraction of sp³-hybridized carbons (Fsp3) is 0.324. The van der Waals surface area contributed by atoms with E-state index < -0.39 is 11.5 Å². The maximum atomic E-state index is 13.8. The number of aromatic nitrogens is 2. The Balaban J connectivity index is 1.20. The second-order valence-electron chi connectivity index (χ2n) is 12.1. The summed E-state index contributed by atoms with van der Waals surface area (Å²) in [6, 6.07) is 18.6. The molecule has 2 aliphatic carbocycles. The summed E-state index contributed by atoms with van der Waals surface area (Å²) in [7, 11) is 0. The molecule has 2 amide bonds. The van der Waals surface area contributed by atoms with E-state index in [2.05, 4.69) is 10.6 Å². The fourth-order valence-electron chi connectivity index (χ4n) is 6.20. The first-order valence-corrected chi connectivity index (χ1v) is 16.0. The normalized spacial score (nSPS) is 16.1. The van der Waals surface area contributed by atoms with Crippen LogP contribution in [0.5, 0.6) is 0 Å². The molecule has 0 unspecified atom stereocenters. The maximum absolute atomic E-state index is 13.8. The average Bonchev–Trinajstić information content (AvgIpc) is 3.06. The number of benzene rings is 3. The van der Waals surface area contributed by atoms with Crippen molar-refractivity contribution in [2.24, 2.45) is 0 Å². The number of nitrogens with zero attached hydrogens (tertiary/aromatic N) is 2. The number of carbonyl (C=O) groups excluding carboxylic acids is 3. The van der Waals surface area contributed by atoms with Crippen molar-refractivity contribution in [3.63, 3.8) is 0 Å². The molecule has 2 saturated carbocycles. The molecule has 4 aromatic rings. The van der Waals surface area contributed by atoms with Crippen LogP contribution in [-0.2, 0) is 14.3 Å². The second kappa shape index (κ2) is 13.6. The van der Waals surface area contributed by atoms with Gasteiger partial charge in [0.25, 0.3) is 5.91 Å². The maximum Gasteiger partial charge on any atom is 0.330 e. The Morgan fingerprint density at radius 2 is 1.65 bits per heavy atom. The highest BCUT2D eigenvalue weighted by atomic mass is 19.1. The number of anilines is 1. The van der Waals surface area contributed by atoms with Gasteiger partial charge >= 0.3 is 5.97 Å². The molecule has 2 N–H and O–H groups in total. The number of fused-ring (bicyclic) bond motifs is 1. The van der Waals surface area contributed by atoms with Crippen LogP contribution in [0.4, 0.5) is 10.1 Å². The zero-order chi connectivity index (χ0) is 32.1. The Labute approximate surface area is 267 Å². The largest absolute Gasteiger partial charge is 0.463 e. The monoisotopic (exact) mass is 620 g/mol. The molecule has 8 nitrogen and oxygen atoms in total. The van der Waals surface area contributed by atoms with Gasteiger partial charge < -0.3 is 15.4 Å². The van der Waals surface area contributed by atoms with Crippen LogP contribution in [0.15, 0.2) is 72.8 Å². The van der Waals surface area contributed by atoms with Gasteiger partial charge in [-0.1, -0.05) is 31.4 Å². The molecule has 6 rings (SSSR count). The molecular weight excluding hydrogens is 583 g/mol. The van der Waals surface area contributed by atoms with Crippen LogP contribution in [0, 0.1) is 5.82 Å². The van der Waals surface area contributed by atoms with Crippen molar-refractivity contribution >= 4 is 40.6 Å². The van der Waals surface area contributed by atoms with Gasteiger partial charge in [-0.2, -0.15) is 0 Å². The summed E-state index contributed by atoms with van der Waals surface area (Å²) in [6.45, 7) is 2.05. The smallest absolute Gasteiger partial charge is 0.330 e. The minimum absolute atomic E-state index is 0.279. The zero-order valence-electron chi connectivity index (χ0n) is 25.9. The number of hydrogen-bond acceptors (Lipinski definition) is 6. The first-order valence-electron chi connectivity index (χ1n) is 16.0. The summed E-state index contributed by atoms with van der Waals surface area (Å²) in [6.07, 6.45) is 10.4. The molecule has 0 spiro atoms. The molecule has 0 atom stereocenters. The predicted octanol–water partition coefficient (Wildman–Crippen LogP) is 7.35. The van der Waals surface area contributed by atoms with Gasteiger partial charge in [0, 0.05) is 28.8 Å². The van der Waals surface area contributed by atoms with Crippen molar-refractivity contribution in [2.75, 3.05) is 11.9 Å². The minimum atomic E-state index is -1.02. The van der Waals surface area contributed by atoms with Crippen LogP contribution in [0.1, 0.15) is 85.8 Å². The number of ether oxygens (including phenoxy) is 1. The molecule has 9 heteroatoms. The Kier molecular flexibility index (Phi) is 9.19. The van der Waals surface area contributed by atoms with Gasteiger partial charge in [-0.3, -0.25) is 9.59 Å². The van der Waals surface area contributed by atoms with E-state index in [1.807, 2.05) is 6.07 Å². The first kappa shape index (κ1) is 31.1. The molecule has 0 radical (unpaired) electrons. The standard InChI is InChI=1S/C37H37FN4O4/c1-2-46-32(43)20-11-24-9-17-29(18-10-24)39-36(45)37(21-6-22-37)42-35(44)27-14-19-30-31(23-27)41-34(26-12-15-28(38)16-13-26)33(40-30)25-7-4-3-5-8-25/h9-20,23,25H,2-8,21-22H2,1H3,(H,39,45)(H,42,44)/b20-11+. The quantitative estimate of drug-likeness (QED) is 0.150. The third kappa shape index (κ3) is 6.83. The van der Waals surface area contributed by atoms with Crippen molar-refractivity contribution in [1.82, 2.24) is 15.3 Å². The van der Waals surface area contributed by atoms with Crippen molar-refractivity contribution in [3.8, 4) is 11.3 Å². The molecule has 3 aromatic carbocycles. The molecule has 236 valence electrons. The van der Waals surface area contributed by atoms with Crippen LogP contribution < -0.4 is 10.6 Å². The summed E-state index contributed by atoms with van der Waals surface area (Å²) in [5.41, 5.74) is 4.42. The van der Waals surface area contributed by atoms with Gasteiger partial charge in [0.15, 0.2) is 0 Å². The number of carbonyl (C=O) groups is 3. The minimum Gasteiger partial charge on any atom is -0.463 e. The molecule has 2 aliphatic rings. The average molecular weight is 621 g/mol. The highest BCUT2D eigenvalue weighted by Crippen LogP contribution is 2.38. The van der Waals surface area contributed by atoms with Crippen LogP contribution >= 0.6 is 0 Å². The number of rotatable bonds is 9. The molecule has 0 saturated heterocycles. The summed E-state index contributed by atoms with van der Waals surface area (Å²) < 4.78 is 18.7. The van der Waals surface area contributed by atoms with Gasteiger partial charge in [0.05, 0.1) is 29.0 Å². The number of hydrogen-bond donors (Lipinski definition) is 2. The Hall–Kier alpha value is -4.92. The highest BCUT2D eigenvalue weighted by molar-refractivity contribution is 6.05. The van der Waals surface area contributed by atoms with E-state index in [4.69, 9.17) is 14.7 Å². The van der Waals surface area contributed by atoms with Gasteiger partial charge in [0.2, 0.25) is 5.91 Å². The first-order chi connectivity index (χ1) is 22.3. The second-order valence-corrected chi connectivity index (χ2v) is 12.1. The molecule has 0 aliphatic heterocycles. The van der Waals surface area contributed by atoms with Crippen molar-refractivity contribution in [2.45, 2.75) is 69.7 Å². The molecule has 1 aromatic heterocycles. The SMILES string of the molecule is CCOC(=O)/C=C/c1ccc(NC(=O)C2(NC(=O)c3ccc4nc(C5CCCCC5)c(-c5ccc(F)cc5)nc4c3)CCC2)cc1. The Morgan fingerprint density at radius 3 is 2.33 bits per heavy atom. The number of esters is 1. The molecule has 2 fully saturated rings. The van der Waals surface area contributed by atoms with Crippen molar-refractivity contribution in [1.29, 1.82) is 0 Å². The fourth-order valence-corrected chi connectivity index (χ4v) is 6.20. The van der Waals surface area contributed by atoms with Crippen molar-refractivity contribution in [3.05, 3.63) is 95.4 Å². The van der Waals surface area contributed by atoms with E-state index in [-0.39, 0.29) is 23.5 Å². The third-order valence-corrected chi connectivity index (χ3v) is 8.92. The lowest BCUT2D eigenvalue weighted by molar-refractivity contribution is -0.137. The van der Waals surface area contributed by atoms with Gasteiger partial charge in [0.1, 0.15) is 11.4 Å². The Bertz CT molecular complexity index is 1780. The summed E-state index contributed by atoms with van der Waals surface area (Å²) in [5, 5.41) is 5.93. The third-order valence-electron chi connectivity index (χ3n) is 8.92.